The van der Waals surface area contributed by atoms with E-state index in [-0.39, 0.29) is 45.8 Å². The lowest BCUT2D eigenvalue weighted by Crippen LogP contribution is -2.56. The third-order valence-corrected chi connectivity index (χ3v) is 14.0. The average molecular weight is 724 g/mol. The minimum absolute atomic E-state index is 0.0457. The van der Waals surface area contributed by atoms with E-state index in [0.717, 1.165) is 87.2 Å². The molecule has 9 heteroatoms. The molecule has 2 aromatic heterocycles. The van der Waals surface area contributed by atoms with Crippen molar-refractivity contribution in [3.8, 4) is 16.9 Å². The highest BCUT2D eigenvalue weighted by Gasteiger charge is 2.51. The van der Waals surface area contributed by atoms with Crippen LogP contribution in [0.15, 0.2) is 48.9 Å². The largest absolute Gasteiger partial charge is 0.496 e. The summed E-state index contributed by atoms with van der Waals surface area (Å²) < 4.78 is 13.6. The monoisotopic (exact) mass is 723 g/mol. The van der Waals surface area contributed by atoms with E-state index in [2.05, 4.69) is 76.7 Å². The molecule has 2 bridgehead atoms. The molecule has 1 aliphatic heterocycles. The number of aromatic nitrogens is 3. The first-order chi connectivity index (χ1) is 25.3. The van der Waals surface area contributed by atoms with Gasteiger partial charge in [0, 0.05) is 48.9 Å². The van der Waals surface area contributed by atoms with E-state index in [1.807, 2.05) is 23.4 Å². The lowest BCUT2D eigenvalue weighted by molar-refractivity contribution is -0.124. The number of likely N-dealkylation sites (tertiary alicyclic amines) is 1. The molecule has 0 spiro atoms. The van der Waals surface area contributed by atoms with Crippen LogP contribution in [-0.2, 0) is 20.5 Å². The number of methoxy groups -OCH3 is 1. The Balaban J connectivity index is 1.10. The number of rotatable bonds is 11. The Bertz CT molecular complexity index is 1770. The fourth-order valence-corrected chi connectivity index (χ4v) is 9.82. The summed E-state index contributed by atoms with van der Waals surface area (Å²) in [6, 6.07) is 10.9. The summed E-state index contributed by atoms with van der Waals surface area (Å²) in [6.45, 7) is 15.3. The molecule has 5 aliphatic rings. The zero-order valence-electron chi connectivity index (χ0n) is 33.2. The quantitative estimate of drug-likeness (QED) is 0.196. The van der Waals surface area contributed by atoms with Crippen molar-refractivity contribution in [2.75, 3.05) is 31.6 Å². The zero-order chi connectivity index (χ0) is 37.6. The smallest absolute Gasteiger partial charge is 0.410 e. The summed E-state index contributed by atoms with van der Waals surface area (Å²) in [6.07, 6.45) is 17.1. The Labute approximate surface area is 316 Å². The van der Waals surface area contributed by atoms with Crippen LogP contribution in [0.1, 0.15) is 123 Å². The van der Waals surface area contributed by atoms with Gasteiger partial charge in [0.05, 0.1) is 18.8 Å². The molecule has 0 atom stereocenters. The lowest BCUT2D eigenvalue weighted by atomic mass is 9.51. The Morgan fingerprint density at radius 3 is 2.23 bits per heavy atom. The number of benzene rings is 1. The van der Waals surface area contributed by atoms with Gasteiger partial charge in [-0.3, -0.25) is 14.4 Å². The second-order valence-corrected chi connectivity index (χ2v) is 18.0. The predicted octanol–water partition coefficient (Wildman–Crippen LogP) is 9.46. The van der Waals surface area contributed by atoms with Crippen LogP contribution in [0.2, 0.25) is 0 Å². The molecule has 1 aromatic carbocycles. The molecular weight excluding hydrogens is 663 g/mol. The van der Waals surface area contributed by atoms with Crippen molar-refractivity contribution in [2.45, 2.75) is 136 Å². The molecule has 9 nitrogen and oxygen atoms in total. The first-order valence-corrected chi connectivity index (χ1v) is 20.2. The molecule has 4 saturated carbocycles. The van der Waals surface area contributed by atoms with Gasteiger partial charge in [0.1, 0.15) is 17.7 Å². The maximum atomic E-state index is 14.8. The summed E-state index contributed by atoms with van der Waals surface area (Å²) >= 11 is 0. The van der Waals surface area contributed by atoms with Crippen molar-refractivity contribution in [1.82, 2.24) is 19.7 Å². The maximum Gasteiger partial charge on any atom is 0.410 e. The van der Waals surface area contributed by atoms with E-state index in [1.165, 1.54) is 11.1 Å². The van der Waals surface area contributed by atoms with E-state index in [9.17, 15) is 9.59 Å². The number of ether oxygens (including phenoxy) is 2. The van der Waals surface area contributed by atoms with E-state index in [1.54, 1.807) is 12.0 Å². The lowest BCUT2D eigenvalue weighted by Gasteiger charge is -2.55. The summed E-state index contributed by atoms with van der Waals surface area (Å²) in [7, 11) is 1.74. The standard InChI is InChI=1S/C44H61N5O4/c1-8-42(6,9-2)49-27-34(26-46-49)33-16-23-45-38(25-33)48(39(50)32-10-13-36(14-11-32)53-40(51)47-28-41(4,5)29-47)30-43-17-20-44(21-18-43,22-19-43)35-12-15-37(52-7)31(3)24-35/h12,15-16,23-27,32,36H,8-11,13-14,17-22,28-30H2,1-7H3. The third kappa shape index (κ3) is 7.34. The van der Waals surface area contributed by atoms with Gasteiger partial charge in [-0.05, 0) is 137 Å². The van der Waals surface area contributed by atoms with Gasteiger partial charge in [-0.2, -0.15) is 5.10 Å². The summed E-state index contributed by atoms with van der Waals surface area (Å²) in [5.74, 6) is 1.71. The molecule has 3 heterocycles. The summed E-state index contributed by atoms with van der Waals surface area (Å²) in [4.78, 5) is 36.3. The highest BCUT2D eigenvalue weighted by Crippen LogP contribution is 2.58. The van der Waals surface area contributed by atoms with Gasteiger partial charge in [0.15, 0.2) is 0 Å². The number of amides is 2. The number of anilines is 1. The number of nitrogens with zero attached hydrogens (tertiary/aromatic N) is 5. The van der Waals surface area contributed by atoms with E-state index in [4.69, 9.17) is 19.6 Å². The second kappa shape index (κ2) is 14.4. The zero-order valence-corrected chi connectivity index (χ0v) is 33.2. The average Bonchev–Trinajstić information content (AvgIpc) is 3.68. The number of fused-ring (bicyclic) bond motifs is 3. The number of aryl methyl sites for hydroxylation is 1. The van der Waals surface area contributed by atoms with Crippen molar-refractivity contribution >= 4 is 17.8 Å². The van der Waals surface area contributed by atoms with Gasteiger partial charge in [-0.25, -0.2) is 9.78 Å². The van der Waals surface area contributed by atoms with E-state index >= 15 is 0 Å². The molecular formula is C44H61N5O4. The number of hydrogen-bond acceptors (Lipinski definition) is 6. The number of pyridine rings is 1. The molecule has 8 rings (SSSR count). The van der Waals surface area contributed by atoms with Gasteiger partial charge in [-0.1, -0.05) is 39.8 Å². The topological polar surface area (TPSA) is 89.8 Å². The molecule has 1 saturated heterocycles. The van der Waals surface area contributed by atoms with Crippen LogP contribution >= 0.6 is 0 Å². The Morgan fingerprint density at radius 1 is 0.943 bits per heavy atom. The van der Waals surface area contributed by atoms with Crippen molar-refractivity contribution in [1.29, 1.82) is 0 Å². The predicted molar refractivity (Wildman–Crippen MR) is 209 cm³/mol. The van der Waals surface area contributed by atoms with Gasteiger partial charge in [0.25, 0.3) is 0 Å². The maximum absolute atomic E-state index is 14.8. The highest BCUT2D eigenvalue weighted by atomic mass is 16.6. The molecule has 0 radical (unpaired) electrons. The molecule has 2 amide bonds. The van der Waals surface area contributed by atoms with Gasteiger partial charge in [0.2, 0.25) is 5.91 Å². The minimum Gasteiger partial charge on any atom is -0.496 e. The van der Waals surface area contributed by atoms with Crippen LogP contribution < -0.4 is 9.64 Å². The fraction of sp³-hybridized carbons (Fsp3) is 0.636. The van der Waals surface area contributed by atoms with Crippen LogP contribution in [0.5, 0.6) is 5.75 Å². The molecule has 4 aliphatic carbocycles. The summed E-state index contributed by atoms with van der Waals surface area (Å²) in [5, 5.41) is 4.78. The Kier molecular flexibility index (Phi) is 10.2. The van der Waals surface area contributed by atoms with Crippen molar-refractivity contribution in [3.63, 3.8) is 0 Å². The highest BCUT2D eigenvalue weighted by molar-refractivity contribution is 5.95. The van der Waals surface area contributed by atoms with Crippen LogP contribution in [0, 0.1) is 23.7 Å². The third-order valence-electron chi connectivity index (χ3n) is 14.0. The van der Waals surface area contributed by atoms with Crippen LogP contribution in [0.3, 0.4) is 0 Å². The second-order valence-electron chi connectivity index (χ2n) is 18.0. The van der Waals surface area contributed by atoms with Gasteiger partial charge >= 0.3 is 6.09 Å². The molecule has 3 aromatic rings. The minimum atomic E-state index is -0.210. The Hall–Kier alpha value is -3.88. The Morgan fingerprint density at radius 2 is 1.62 bits per heavy atom. The first kappa shape index (κ1) is 37.4. The fourth-order valence-electron chi connectivity index (χ4n) is 9.82. The van der Waals surface area contributed by atoms with E-state index in [0.29, 0.717) is 32.2 Å². The first-order valence-electron chi connectivity index (χ1n) is 20.2. The van der Waals surface area contributed by atoms with Crippen LogP contribution in [-0.4, -0.2) is 64.5 Å². The summed E-state index contributed by atoms with van der Waals surface area (Å²) in [5.41, 5.74) is 5.06. The number of carbonyl (C=O) groups excluding carboxylic acids is 2. The molecule has 5 fully saturated rings. The number of carbonyl (C=O) groups is 2. The van der Waals surface area contributed by atoms with Crippen molar-refractivity contribution < 1.29 is 19.1 Å². The molecule has 286 valence electrons. The molecule has 53 heavy (non-hydrogen) atoms. The van der Waals surface area contributed by atoms with E-state index < -0.39 is 0 Å². The number of hydrogen-bond donors (Lipinski definition) is 0. The van der Waals surface area contributed by atoms with Crippen molar-refractivity contribution in [2.24, 2.45) is 16.7 Å². The molecule has 0 N–H and O–H groups in total. The van der Waals surface area contributed by atoms with Gasteiger partial charge < -0.3 is 14.4 Å². The van der Waals surface area contributed by atoms with Crippen LogP contribution in [0.25, 0.3) is 11.1 Å². The van der Waals surface area contributed by atoms with Crippen molar-refractivity contribution in [3.05, 3.63) is 60.0 Å². The molecule has 0 unspecified atom stereocenters. The van der Waals surface area contributed by atoms with Crippen LogP contribution in [0.4, 0.5) is 10.6 Å². The SMILES string of the molecule is CCC(C)(CC)n1cc(-c2ccnc(N(CC34CCC(c5ccc(OC)c(C)c5)(CC3)CC4)C(=O)C3CCC(OC(=O)N4CC(C)(C)C4)CC3)c2)cn1. The normalized spacial score (nSPS) is 26.5. The van der Waals surface area contributed by atoms with Gasteiger partial charge in [-0.15, -0.1) is 0 Å².